The number of aliphatic carboxylic acids is 1. The second kappa shape index (κ2) is 6.31. The molecule has 104 valence electrons. The lowest BCUT2D eigenvalue weighted by Crippen LogP contribution is -2.30. The van der Waals surface area contributed by atoms with E-state index >= 15 is 0 Å². The highest BCUT2D eigenvalue weighted by atomic mass is 19.1. The van der Waals surface area contributed by atoms with E-state index in [-0.39, 0.29) is 31.1 Å². The van der Waals surface area contributed by atoms with Crippen molar-refractivity contribution >= 4 is 11.9 Å². The van der Waals surface area contributed by atoms with Crippen molar-refractivity contribution in [3.05, 3.63) is 35.6 Å². The molecular weight excluding hydrogens is 249 g/mol. The van der Waals surface area contributed by atoms with Gasteiger partial charge < -0.3 is 10.4 Å². The number of amides is 1. The summed E-state index contributed by atoms with van der Waals surface area (Å²) in [4.78, 5) is 22.3. The minimum absolute atomic E-state index is 0.0832. The van der Waals surface area contributed by atoms with Crippen LogP contribution in [0.25, 0.3) is 0 Å². The van der Waals surface area contributed by atoms with Gasteiger partial charge in [0.1, 0.15) is 5.82 Å². The fraction of sp³-hybridized carbons (Fsp3) is 0.429. The number of nitrogens with one attached hydrogen (secondary N) is 1. The van der Waals surface area contributed by atoms with Gasteiger partial charge in [0.25, 0.3) is 0 Å². The molecule has 0 atom stereocenters. The Labute approximate surface area is 111 Å². The summed E-state index contributed by atoms with van der Waals surface area (Å²) in [5.74, 6) is -1.59. The third-order valence-electron chi connectivity index (χ3n) is 2.70. The van der Waals surface area contributed by atoms with Crippen molar-refractivity contribution in [2.24, 2.45) is 5.41 Å². The number of hydrogen-bond acceptors (Lipinski definition) is 2. The van der Waals surface area contributed by atoms with Gasteiger partial charge in [0, 0.05) is 18.5 Å². The molecular formula is C14H18FNO3. The summed E-state index contributed by atoms with van der Waals surface area (Å²) in [7, 11) is 0. The van der Waals surface area contributed by atoms with Crippen molar-refractivity contribution in [2.45, 2.75) is 33.2 Å². The number of hydrogen-bond donors (Lipinski definition) is 2. The molecule has 0 heterocycles. The van der Waals surface area contributed by atoms with Crippen LogP contribution in [-0.4, -0.2) is 17.0 Å². The Morgan fingerprint density at radius 1 is 1.26 bits per heavy atom. The van der Waals surface area contributed by atoms with Crippen LogP contribution >= 0.6 is 0 Å². The van der Waals surface area contributed by atoms with Gasteiger partial charge in [-0.05, 0) is 11.5 Å². The average molecular weight is 267 g/mol. The predicted molar refractivity (Wildman–Crippen MR) is 68.9 cm³/mol. The quantitative estimate of drug-likeness (QED) is 0.831. The smallest absolute Gasteiger partial charge is 0.303 e. The maximum absolute atomic E-state index is 13.3. The molecule has 19 heavy (non-hydrogen) atoms. The Hall–Kier alpha value is -1.91. The number of carboxylic acid groups (broad SMARTS) is 1. The van der Waals surface area contributed by atoms with Gasteiger partial charge in [0.2, 0.25) is 5.91 Å². The summed E-state index contributed by atoms with van der Waals surface area (Å²) < 4.78 is 13.3. The lowest BCUT2D eigenvalue weighted by Gasteiger charge is -2.21. The van der Waals surface area contributed by atoms with E-state index in [2.05, 4.69) is 5.32 Å². The van der Waals surface area contributed by atoms with Crippen molar-refractivity contribution in [3.8, 4) is 0 Å². The molecule has 0 fully saturated rings. The van der Waals surface area contributed by atoms with E-state index < -0.39 is 11.4 Å². The first-order valence-electron chi connectivity index (χ1n) is 6.02. The zero-order valence-corrected chi connectivity index (χ0v) is 11.1. The number of carboxylic acids is 1. The van der Waals surface area contributed by atoms with E-state index in [9.17, 15) is 14.0 Å². The number of carbonyl (C=O) groups is 2. The van der Waals surface area contributed by atoms with Crippen LogP contribution in [0.1, 0.15) is 32.3 Å². The monoisotopic (exact) mass is 267 g/mol. The van der Waals surface area contributed by atoms with Crippen molar-refractivity contribution in [3.63, 3.8) is 0 Å². The van der Waals surface area contributed by atoms with Gasteiger partial charge in [0.05, 0.1) is 6.42 Å². The molecule has 0 aliphatic heterocycles. The first kappa shape index (κ1) is 15.1. The average Bonchev–Trinajstić information content (AvgIpc) is 2.25. The minimum Gasteiger partial charge on any atom is -0.481 e. The number of halogens is 1. The fourth-order valence-electron chi connectivity index (χ4n) is 1.80. The van der Waals surface area contributed by atoms with Gasteiger partial charge in [-0.2, -0.15) is 0 Å². The fourth-order valence-corrected chi connectivity index (χ4v) is 1.80. The Bertz CT molecular complexity index is 472. The van der Waals surface area contributed by atoms with E-state index in [0.717, 1.165) is 0 Å². The lowest BCUT2D eigenvalue weighted by molar-refractivity contribution is -0.139. The lowest BCUT2D eigenvalue weighted by atomic mass is 9.85. The van der Waals surface area contributed by atoms with Crippen LogP contribution in [0.5, 0.6) is 0 Å². The van der Waals surface area contributed by atoms with E-state index in [0.29, 0.717) is 5.56 Å². The van der Waals surface area contributed by atoms with Gasteiger partial charge in [-0.15, -0.1) is 0 Å². The normalized spacial score (nSPS) is 11.1. The second-order valence-electron chi connectivity index (χ2n) is 5.28. The van der Waals surface area contributed by atoms with Crippen LogP contribution in [-0.2, 0) is 16.1 Å². The molecule has 0 spiro atoms. The molecule has 0 unspecified atom stereocenters. The highest BCUT2D eigenvalue weighted by molar-refractivity contribution is 5.77. The van der Waals surface area contributed by atoms with Crippen LogP contribution in [0.15, 0.2) is 24.3 Å². The minimum atomic E-state index is -0.938. The number of rotatable bonds is 6. The third-order valence-corrected chi connectivity index (χ3v) is 2.70. The van der Waals surface area contributed by atoms with Crippen molar-refractivity contribution in [1.82, 2.24) is 5.32 Å². The van der Waals surface area contributed by atoms with Crippen LogP contribution < -0.4 is 5.32 Å². The summed E-state index contributed by atoms with van der Waals surface area (Å²) in [5, 5.41) is 11.3. The molecule has 0 radical (unpaired) electrons. The van der Waals surface area contributed by atoms with E-state index in [4.69, 9.17) is 5.11 Å². The van der Waals surface area contributed by atoms with Gasteiger partial charge in [0.15, 0.2) is 0 Å². The van der Waals surface area contributed by atoms with E-state index in [1.54, 1.807) is 32.0 Å². The molecule has 0 bridgehead atoms. The number of benzene rings is 1. The Kier molecular flexibility index (Phi) is 5.03. The van der Waals surface area contributed by atoms with Crippen LogP contribution in [0.2, 0.25) is 0 Å². The summed E-state index contributed by atoms with van der Waals surface area (Å²) in [6.45, 7) is 3.53. The molecule has 0 aliphatic carbocycles. The molecule has 0 aliphatic rings. The standard InChI is InChI=1S/C14H18FNO3/c1-14(2,8-13(18)19)7-12(17)16-9-10-5-3-4-6-11(10)15/h3-6H,7-9H2,1-2H3,(H,16,17)(H,18,19). The Balaban J connectivity index is 2.48. The third kappa shape index (κ3) is 5.50. The summed E-state index contributed by atoms with van der Waals surface area (Å²) >= 11 is 0. The molecule has 1 amide bonds. The van der Waals surface area contributed by atoms with Gasteiger partial charge in [-0.1, -0.05) is 32.0 Å². The van der Waals surface area contributed by atoms with Crippen LogP contribution in [0, 0.1) is 11.2 Å². The zero-order chi connectivity index (χ0) is 14.5. The molecule has 5 heteroatoms. The second-order valence-corrected chi connectivity index (χ2v) is 5.28. The summed E-state index contributed by atoms with van der Waals surface area (Å²) in [6.07, 6.45) is 0.00781. The van der Waals surface area contributed by atoms with Crippen LogP contribution in [0.3, 0.4) is 0 Å². The van der Waals surface area contributed by atoms with Crippen LogP contribution in [0.4, 0.5) is 4.39 Å². The Morgan fingerprint density at radius 2 is 1.89 bits per heavy atom. The van der Waals surface area contributed by atoms with Gasteiger partial charge in [-0.25, -0.2) is 4.39 Å². The molecule has 2 N–H and O–H groups in total. The SMILES string of the molecule is CC(C)(CC(=O)O)CC(=O)NCc1ccccc1F. The topological polar surface area (TPSA) is 66.4 Å². The Morgan fingerprint density at radius 3 is 2.47 bits per heavy atom. The van der Waals surface area contributed by atoms with E-state index in [1.165, 1.54) is 6.07 Å². The summed E-state index contributed by atoms with van der Waals surface area (Å²) in [6, 6.07) is 6.20. The first-order valence-corrected chi connectivity index (χ1v) is 6.02. The van der Waals surface area contributed by atoms with Gasteiger partial charge in [-0.3, -0.25) is 9.59 Å². The van der Waals surface area contributed by atoms with Crippen molar-refractivity contribution in [2.75, 3.05) is 0 Å². The maximum atomic E-state index is 13.3. The maximum Gasteiger partial charge on any atom is 0.303 e. The largest absolute Gasteiger partial charge is 0.481 e. The molecule has 4 nitrogen and oxygen atoms in total. The number of carbonyl (C=O) groups excluding carboxylic acids is 1. The molecule has 0 saturated carbocycles. The molecule has 0 aromatic heterocycles. The zero-order valence-electron chi connectivity index (χ0n) is 11.1. The van der Waals surface area contributed by atoms with Crippen molar-refractivity contribution < 1.29 is 19.1 Å². The highest BCUT2D eigenvalue weighted by Crippen LogP contribution is 2.24. The van der Waals surface area contributed by atoms with E-state index in [1.807, 2.05) is 0 Å². The summed E-state index contributed by atoms with van der Waals surface area (Å²) in [5.41, 5.74) is -0.211. The molecule has 1 rings (SSSR count). The molecule has 1 aromatic carbocycles. The highest BCUT2D eigenvalue weighted by Gasteiger charge is 2.25. The predicted octanol–water partition coefficient (Wildman–Crippen LogP) is 2.33. The van der Waals surface area contributed by atoms with Gasteiger partial charge >= 0.3 is 5.97 Å². The van der Waals surface area contributed by atoms with Crippen molar-refractivity contribution in [1.29, 1.82) is 0 Å². The first-order chi connectivity index (χ1) is 8.80. The molecule has 0 saturated heterocycles. The molecule has 1 aromatic rings.